The van der Waals surface area contributed by atoms with E-state index in [1.807, 2.05) is 0 Å². The molecule has 0 saturated carbocycles. The summed E-state index contributed by atoms with van der Waals surface area (Å²) in [6.45, 7) is 8.00. The molecule has 1 rings (SSSR count). The van der Waals surface area contributed by atoms with Crippen molar-refractivity contribution in [3.05, 3.63) is 0 Å². The van der Waals surface area contributed by atoms with E-state index in [1.54, 1.807) is 0 Å². The predicted molar refractivity (Wildman–Crippen MR) is 105 cm³/mol. The minimum absolute atomic E-state index is 0. The third-order valence-corrected chi connectivity index (χ3v) is 4.34. The van der Waals surface area contributed by atoms with Gasteiger partial charge in [0.25, 0.3) is 0 Å². The zero-order chi connectivity index (χ0) is 16.6. The molecule has 0 aromatic rings. The van der Waals surface area contributed by atoms with Crippen molar-refractivity contribution in [1.82, 2.24) is 5.32 Å². The lowest BCUT2D eigenvalue weighted by Crippen LogP contribution is -2.45. The number of rotatable bonds is 8. The van der Waals surface area contributed by atoms with Crippen LogP contribution in [0.15, 0.2) is 4.99 Å². The molecule has 0 bridgehead atoms. The fourth-order valence-corrected chi connectivity index (χ4v) is 2.68. The third kappa shape index (κ3) is 8.19. The Kier molecular flexibility index (Phi) is 10.8. The molecule has 7 heteroatoms. The Morgan fingerprint density at radius 1 is 1.22 bits per heavy atom. The van der Waals surface area contributed by atoms with Crippen LogP contribution in [0.1, 0.15) is 52.9 Å². The Hall–Kier alpha value is -0.570. The van der Waals surface area contributed by atoms with Crippen LogP contribution in [0.3, 0.4) is 0 Å². The Labute approximate surface area is 157 Å². The molecule has 1 aliphatic heterocycles. The third-order valence-electron chi connectivity index (χ3n) is 4.34. The number of nitrogens with zero attached hydrogens (tertiary/aromatic N) is 1. The molecule has 5 N–H and O–H groups in total. The van der Waals surface area contributed by atoms with Crippen LogP contribution >= 0.6 is 24.0 Å². The van der Waals surface area contributed by atoms with Gasteiger partial charge in [-0.15, -0.1) is 24.0 Å². The second kappa shape index (κ2) is 11.1. The number of hydrogen-bond donors (Lipinski definition) is 3. The number of primary amides is 1. The van der Waals surface area contributed by atoms with Crippen molar-refractivity contribution in [1.29, 1.82) is 0 Å². The van der Waals surface area contributed by atoms with Gasteiger partial charge in [0.1, 0.15) is 0 Å². The van der Waals surface area contributed by atoms with Crippen molar-refractivity contribution >= 4 is 35.8 Å². The van der Waals surface area contributed by atoms with Crippen molar-refractivity contribution in [3.8, 4) is 0 Å². The maximum absolute atomic E-state index is 11.8. The molecule has 0 aromatic carbocycles. The molecule has 0 aliphatic carbocycles. The van der Waals surface area contributed by atoms with Crippen molar-refractivity contribution in [2.45, 2.75) is 58.9 Å². The number of ether oxygens (including phenoxy) is 1. The topological polar surface area (TPSA) is 103 Å². The lowest BCUT2D eigenvalue weighted by molar-refractivity contribution is -0.132. The first kappa shape index (κ1) is 22.4. The zero-order valence-electron chi connectivity index (χ0n) is 14.6. The fraction of sp³-hybridized carbons (Fsp3) is 0.875. The van der Waals surface area contributed by atoms with Crippen LogP contribution in [0.2, 0.25) is 0 Å². The molecule has 1 saturated heterocycles. The average Bonchev–Trinajstić information content (AvgIpc) is 2.45. The molecule has 0 spiro atoms. The fourth-order valence-electron chi connectivity index (χ4n) is 2.68. The van der Waals surface area contributed by atoms with Gasteiger partial charge in [-0.1, -0.05) is 26.7 Å². The largest absolute Gasteiger partial charge is 0.381 e. The summed E-state index contributed by atoms with van der Waals surface area (Å²) >= 11 is 0. The van der Waals surface area contributed by atoms with Gasteiger partial charge in [-0.05, 0) is 32.1 Å². The van der Waals surface area contributed by atoms with Crippen LogP contribution < -0.4 is 16.8 Å². The SMILES string of the molecule is CC(C)CCCC(C)NC(N)=NCC1(C(N)=O)CCOCC1.I. The van der Waals surface area contributed by atoms with Crippen LogP contribution in [-0.4, -0.2) is 37.7 Å². The molecular formula is C16H33IN4O2. The summed E-state index contributed by atoms with van der Waals surface area (Å²) in [6.07, 6.45) is 4.67. The van der Waals surface area contributed by atoms with Gasteiger partial charge in [0.05, 0.1) is 12.0 Å². The Bertz CT molecular complexity index is 382. The standard InChI is InChI=1S/C16H32N4O2.HI/c1-12(2)5-4-6-13(3)20-15(18)19-11-16(14(17)21)7-9-22-10-8-16;/h12-13H,4-11H2,1-3H3,(H2,17,21)(H3,18,19,20);1H. The summed E-state index contributed by atoms with van der Waals surface area (Å²) in [5.74, 6) is 0.809. The summed E-state index contributed by atoms with van der Waals surface area (Å²) < 4.78 is 5.31. The van der Waals surface area contributed by atoms with E-state index in [9.17, 15) is 4.79 Å². The molecule has 1 atom stereocenters. The lowest BCUT2D eigenvalue weighted by Gasteiger charge is -2.32. The maximum atomic E-state index is 11.8. The molecule has 1 fully saturated rings. The van der Waals surface area contributed by atoms with Crippen molar-refractivity contribution < 1.29 is 9.53 Å². The molecule has 1 heterocycles. The van der Waals surface area contributed by atoms with Gasteiger partial charge in [0, 0.05) is 19.3 Å². The highest BCUT2D eigenvalue weighted by Gasteiger charge is 2.38. The highest BCUT2D eigenvalue weighted by atomic mass is 127. The maximum Gasteiger partial charge on any atom is 0.225 e. The van der Waals surface area contributed by atoms with Gasteiger partial charge in [-0.3, -0.25) is 9.79 Å². The summed E-state index contributed by atoms with van der Waals surface area (Å²) in [5, 5.41) is 3.19. The first-order valence-electron chi connectivity index (χ1n) is 8.30. The quantitative estimate of drug-likeness (QED) is 0.305. The number of halogens is 1. The smallest absolute Gasteiger partial charge is 0.225 e. The second-order valence-corrected chi connectivity index (χ2v) is 6.83. The van der Waals surface area contributed by atoms with Crippen molar-refractivity contribution in [3.63, 3.8) is 0 Å². The Morgan fingerprint density at radius 2 is 1.83 bits per heavy atom. The number of hydrogen-bond acceptors (Lipinski definition) is 3. The minimum atomic E-state index is -0.606. The highest BCUT2D eigenvalue weighted by Crippen LogP contribution is 2.30. The molecular weight excluding hydrogens is 407 g/mol. The van der Waals surface area contributed by atoms with Gasteiger partial charge >= 0.3 is 0 Å². The number of carbonyl (C=O) groups excluding carboxylic acids is 1. The van der Waals surface area contributed by atoms with Crippen LogP contribution in [0.25, 0.3) is 0 Å². The Morgan fingerprint density at radius 3 is 2.35 bits per heavy atom. The van der Waals surface area contributed by atoms with Gasteiger partial charge in [0.15, 0.2) is 5.96 Å². The van der Waals surface area contributed by atoms with E-state index in [0.717, 1.165) is 12.3 Å². The van der Waals surface area contributed by atoms with E-state index >= 15 is 0 Å². The molecule has 1 amide bonds. The van der Waals surface area contributed by atoms with Gasteiger partial charge < -0.3 is 21.5 Å². The molecule has 136 valence electrons. The average molecular weight is 440 g/mol. The van der Waals surface area contributed by atoms with Gasteiger partial charge in [-0.25, -0.2) is 0 Å². The lowest BCUT2D eigenvalue weighted by atomic mass is 9.79. The number of carbonyl (C=O) groups is 1. The van der Waals surface area contributed by atoms with Crippen molar-refractivity contribution in [2.24, 2.45) is 27.8 Å². The van der Waals surface area contributed by atoms with E-state index in [1.165, 1.54) is 12.8 Å². The molecule has 0 radical (unpaired) electrons. The predicted octanol–water partition coefficient (Wildman–Crippen LogP) is 2.01. The van der Waals surface area contributed by atoms with Crippen LogP contribution in [0.4, 0.5) is 0 Å². The summed E-state index contributed by atoms with van der Waals surface area (Å²) in [5.41, 5.74) is 10.9. The van der Waals surface area contributed by atoms with Gasteiger partial charge in [0.2, 0.25) is 5.91 Å². The summed E-state index contributed by atoms with van der Waals surface area (Å²) in [6, 6.07) is 0.279. The molecule has 0 aromatic heterocycles. The van der Waals surface area contributed by atoms with Crippen LogP contribution in [-0.2, 0) is 9.53 Å². The zero-order valence-corrected chi connectivity index (χ0v) is 17.0. The second-order valence-electron chi connectivity index (χ2n) is 6.83. The number of aliphatic imine (C=N–C) groups is 1. The Balaban J connectivity index is 0.00000484. The highest BCUT2D eigenvalue weighted by molar-refractivity contribution is 14.0. The van der Waals surface area contributed by atoms with E-state index in [-0.39, 0.29) is 35.9 Å². The number of guanidine groups is 1. The summed E-state index contributed by atoms with van der Waals surface area (Å²) in [4.78, 5) is 16.1. The molecule has 1 unspecified atom stereocenters. The number of nitrogens with two attached hydrogens (primary N) is 2. The van der Waals surface area contributed by atoms with Crippen LogP contribution in [0.5, 0.6) is 0 Å². The van der Waals surface area contributed by atoms with Crippen molar-refractivity contribution in [2.75, 3.05) is 19.8 Å². The van der Waals surface area contributed by atoms with Crippen LogP contribution in [0, 0.1) is 11.3 Å². The van der Waals surface area contributed by atoms with E-state index in [4.69, 9.17) is 16.2 Å². The summed E-state index contributed by atoms with van der Waals surface area (Å²) in [7, 11) is 0. The molecule has 23 heavy (non-hydrogen) atoms. The van der Waals surface area contributed by atoms with E-state index in [0.29, 0.717) is 38.6 Å². The number of nitrogens with one attached hydrogen (secondary N) is 1. The molecule has 6 nitrogen and oxygen atoms in total. The van der Waals surface area contributed by atoms with E-state index in [2.05, 4.69) is 31.1 Å². The number of amides is 1. The van der Waals surface area contributed by atoms with Gasteiger partial charge in [-0.2, -0.15) is 0 Å². The minimum Gasteiger partial charge on any atom is -0.381 e. The monoisotopic (exact) mass is 440 g/mol. The normalized spacial score (nSPS) is 19.0. The first-order valence-corrected chi connectivity index (χ1v) is 8.30. The first-order chi connectivity index (χ1) is 10.4. The van der Waals surface area contributed by atoms with E-state index < -0.39 is 5.41 Å². The molecule has 1 aliphatic rings.